The minimum Gasteiger partial charge on any atom is -0.497 e. The fraction of sp³-hybridized carbons (Fsp3) is 0.458. The second-order valence-corrected chi connectivity index (χ2v) is 8.07. The maximum atomic E-state index is 12.7. The Hall–Kier alpha value is -2.33. The predicted molar refractivity (Wildman–Crippen MR) is 112 cm³/mol. The molecule has 0 saturated carbocycles. The number of carbonyl (C=O) groups is 1. The molecule has 4 heteroatoms. The van der Waals surface area contributed by atoms with E-state index in [1.165, 1.54) is 29.5 Å². The molecule has 0 spiro atoms. The number of benzene rings is 2. The number of carbonyl (C=O) groups excluding carboxylic acids is 1. The van der Waals surface area contributed by atoms with E-state index in [0.717, 1.165) is 56.6 Å². The van der Waals surface area contributed by atoms with Gasteiger partial charge in [-0.2, -0.15) is 0 Å². The van der Waals surface area contributed by atoms with Gasteiger partial charge >= 0.3 is 0 Å². The van der Waals surface area contributed by atoms with Crippen LogP contribution in [-0.2, 0) is 19.4 Å². The van der Waals surface area contributed by atoms with Crippen molar-refractivity contribution >= 4 is 5.91 Å². The quantitative estimate of drug-likeness (QED) is 0.856. The zero-order valence-electron chi connectivity index (χ0n) is 16.7. The molecule has 4 nitrogen and oxygen atoms in total. The summed E-state index contributed by atoms with van der Waals surface area (Å²) in [6, 6.07) is 14.8. The average molecular weight is 379 g/mol. The van der Waals surface area contributed by atoms with Crippen molar-refractivity contribution in [3.8, 4) is 5.75 Å². The van der Waals surface area contributed by atoms with Crippen LogP contribution in [0.1, 0.15) is 52.7 Å². The molecule has 0 unspecified atom stereocenters. The minimum atomic E-state index is 0.0830. The number of amides is 1. The van der Waals surface area contributed by atoms with E-state index < -0.39 is 0 Å². The zero-order chi connectivity index (χ0) is 19.3. The number of methoxy groups -OCH3 is 1. The molecule has 0 aromatic heterocycles. The summed E-state index contributed by atoms with van der Waals surface area (Å²) in [5.74, 6) is 0.990. The van der Waals surface area contributed by atoms with Crippen LogP contribution in [0, 0.1) is 0 Å². The van der Waals surface area contributed by atoms with E-state index in [1.54, 1.807) is 7.11 Å². The van der Waals surface area contributed by atoms with Gasteiger partial charge in [-0.05, 0) is 79.5 Å². The number of fused-ring (bicyclic) bond motifs is 1. The molecule has 28 heavy (non-hydrogen) atoms. The molecule has 1 saturated heterocycles. The Balaban J connectivity index is 1.28. The first kappa shape index (κ1) is 19.0. The molecule has 2 aliphatic rings. The summed E-state index contributed by atoms with van der Waals surface area (Å²) < 4.78 is 5.32. The van der Waals surface area contributed by atoms with Crippen LogP contribution in [0.25, 0.3) is 0 Å². The molecular formula is C24H30N2O2. The third-order valence-electron chi connectivity index (χ3n) is 6.07. The first-order chi connectivity index (χ1) is 13.7. The maximum Gasteiger partial charge on any atom is 0.251 e. The molecule has 0 atom stereocenters. The monoisotopic (exact) mass is 378 g/mol. The summed E-state index contributed by atoms with van der Waals surface area (Å²) in [7, 11) is 1.70. The number of hydrogen-bond acceptors (Lipinski definition) is 3. The Labute approximate surface area is 167 Å². The van der Waals surface area contributed by atoms with E-state index in [-0.39, 0.29) is 11.9 Å². The summed E-state index contributed by atoms with van der Waals surface area (Å²) in [5.41, 5.74) is 4.89. The van der Waals surface area contributed by atoms with Crippen LogP contribution < -0.4 is 10.1 Å². The predicted octanol–water partition coefficient (Wildman–Crippen LogP) is 3.97. The van der Waals surface area contributed by atoms with Crippen LogP contribution in [0.3, 0.4) is 0 Å². The molecule has 0 bridgehead atoms. The van der Waals surface area contributed by atoms with Gasteiger partial charge < -0.3 is 10.1 Å². The van der Waals surface area contributed by atoms with Gasteiger partial charge in [-0.3, -0.25) is 9.69 Å². The smallest absolute Gasteiger partial charge is 0.251 e. The molecule has 1 fully saturated rings. The number of nitrogens with one attached hydrogen (secondary N) is 1. The topological polar surface area (TPSA) is 41.6 Å². The highest BCUT2D eigenvalue weighted by Gasteiger charge is 2.22. The van der Waals surface area contributed by atoms with Crippen molar-refractivity contribution in [1.82, 2.24) is 10.2 Å². The molecule has 1 aliphatic heterocycles. The SMILES string of the molecule is COc1cccc(CN2CCC(NC(=O)c3ccc4c(c3)CCCC4)CC2)c1. The molecule has 4 rings (SSSR count). The fourth-order valence-electron chi connectivity index (χ4n) is 4.41. The second-order valence-electron chi connectivity index (χ2n) is 8.07. The van der Waals surface area contributed by atoms with Gasteiger partial charge in [0.2, 0.25) is 0 Å². The van der Waals surface area contributed by atoms with Crippen molar-refractivity contribution in [3.05, 3.63) is 64.7 Å². The number of likely N-dealkylation sites (tertiary alicyclic amines) is 1. The molecule has 0 radical (unpaired) electrons. The summed E-state index contributed by atoms with van der Waals surface area (Å²) in [6.07, 6.45) is 6.78. The van der Waals surface area contributed by atoms with Crippen LogP contribution in [0.2, 0.25) is 0 Å². The van der Waals surface area contributed by atoms with Crippen LogP contribution in [0.15, 0.2) is 42.5 Å². The lowest BCUT2D eigenvalue weighted by atomic mass is 9.90. The Morgan fingerprint density at radius 2 is 1.86 bits per heavy atom. The third kappa shape index (κ3) is 4.56. The zero-order valence-corrected chi connectivity index (χ0v) is 16.7. The lowest BCUT2D eigenvalue weighted by Gasteiger charge is -2.32. The second kappa shape index (κ2) is 8.78. The lowest BCUT2D eigenvalue weighted by molar-refractivity contribution is 0.0908. The van der Waals surface area contributed by atoms with Crippen molar-refractivity contribution < 1.29 is 9.53 Å². The Morgan fingerprint density at radius 3 is 2.64 bits per heavy atom. The Bertz CT molecular complexity index is 825. The summed E-state index contributed by atoms with van der Waals surface area (Å²) in [4.78, 5) is 15.2. The first-order valence-corrected chi connectivity index (χ1v) is 10.5. The molecule has 148 valence electrons. The van der Waals surface area contributed by atoms with Gasteiger partial charge in [-0.15, -0.1) is 0 Å². The first-order valence-electron chi connectivity index (χ1n) is 10.5. The number of nitrogens with zero attached hydrogens (tertiary/aromatic N) is 1. The Kier molecular flexibility index (Phi) is 5.96. The molecule has 1 heterocycles. The highest BCUT2D eigenvalue weighted by Crippen LogP contribution is 2.23. The van der Waals surface area contributed by atoms with E-state index in [4.69, 9.17) is 4.74 Å². The van der Waals surface area contributed by atoms with Crippen LogP contribution in [0.4, 0.5) is 0 Å². The maximum absolute atomic E-state index is 12.7. The van der Waals surface area contributed by atoms with E-state index in [1.807, 2.05) is 18.2 Å². The number of hydrogen-bond donors (Lipinski definition) is 1. The third-order valence-corrected chi connectivity index (χ3v) is 6.07. The number of ether oxygens (including phenoxy) is 1. The molecule has 2 aromatic rings. The highest BCUT2D eigenvalue weighted by atomic mass is 16.5. The van der Waals surface area contributed by atoms with Gasteiger partial charge in [0, 0.05) is 31.2 Å². The van der Waals surface area contributed by atoms with E-state index in [0.29, 0.717) is 0 Å². The van der Waals surface area contributed by atoms with Gasteiger partial charge in [0.05, 0.1) is 7.11 Å². The Morgan fingerprint density at radius 1 is 1.07 bits per heavy atom. The number of piperidine rings is 1. The van der Waals surface area contributed by atoms with Gasteiger partial charge in [-0.1, -0.05) is 18.2 Å². The molecule has 1 amide bonds. The summed E-state index contributed by atoms with van der Waals surface area (Å²) >= 11 is 0. The molecule has 1 aliphatic carbocycles. The van der Waals surface area contributed by atoms with E-state index >= 15 is 0 Å². The van der Waals surface area contributed by atoms with E-state index in [9.17, 15) is 4.79 Å². The van der Waals surface area contributed by atoms with Crippen molar-refractivity contribution in [2.45, 2.75) is 51.1 Å². The highest BCUT2D eigenvalue weighted by molar-refractivity contribution is 5.94. The van der Waals surface area contributed by atoms with Gasteiger partial charge in [0.15, 0.2) is 0 Å². The van der Waals surface area contributed by atoms with Crippen molar-refractivity contribution in [3.63, 3.8) is 0 Å². The van der Waals surface area contributed by atoms with Crippen molar-refractivity contribution in [2.75, 3.05) is 20.2 Å². The largest absolute Gasteiger partial charge is 0.497 e. The van der Waals surface area contributed by atoms with Gasteiger partial charge in [0.25, 0.3) is 5.91 Å². The van der Waals surface area contributed by atoms with Crippen LogP contribution >= 0.6 is 0 Å². The fourth-order valence-corrected chi connectivity index (χ4v) is 4.41. The van der Waals surface area contributed by atoms with E-state index in [2.05, 4.69) is 34.5 Å². The lowest BCUT2D eigenvalue weighted by Crippen LogP contribution is -2.44. The number of rotatable bonds is 5. The average Bonchev–Trinajstić information content (AvgIpc) is 2.75. The number of aryl methyl sites for hydroxylation is 2. The molecule has 1 N–H and O–H groups in total. The van der Waals surface area contributed by atoms with Gasteiger partial charge in [-0.25, -0.2) is 0 Å². The molecule has 2 aromatic carbocycles. The summed E-state index contributed by atoms with van der Waals surface area (Å²) in [5, 5.41) is 3.26. The van der Waals surface area contributed by atoms with Crippen molar-refractivity contribution in [2.24, 2.45) is 0 Å². The van der Waals surface area contributed by atoms with Crippen molar-refractivity contribution in [1.29, 1.82) is 0 Å². The minimum absolute atomic E-state index is 0.0830. The normalized spacial score (nSPS) is 17.8. The standard InChI is InChI=1S/C24H30N2O2/c1-28-23-8-4-5-18(15-23)17-26-13-11-22(12-14-26)25-24(27)21-10-9-19-6-2-3-7-20(19)16-21/h4-5,8-10,15-16,22H,2-3,6-7,11-14,17H2,1H3,(H,25,27). The van der Waals surface area contributed by atoms with Gasteiger partial charge in [0.1, 0.15) is 5.75 Å². The van der Waals surface area contributed by atoms with Crippen LogP contribution in [0.5, 0.6) is 5.75 Å². The summed E-state index contributed by atoms with van der Waals surface area (Å²) in [6.45, 7) is 2.95. The molecular weight excluding hydrogens is 348 g/mol. The van der Waals surface area contributed by atoms with Crippen LogP contribution in [-0.4, -0.2) is 37.0 Å².